The molecule has 0 bridgehead atoms. The summed E-state index contributed by atoms with van der Waals surface area (Å²) in [6.07, 6.45) is 8.07. The molecular weight excluding hydrogens is 284 g/mol. The van der Waals surface area contributed by atoms with Crippen molar-refractivity contribution in [1.29, 1.82) is 0 Å². The predicted octanol–water partition coefficient (Wildman–Crippen LogP) is 3.95. The normalized spacial score (nSPS) is 21.3. The minimum absolute atomic E-state index is 0.356. The molecule has 1 aliphatic carbocycles. The summed E-state index contributed by atoms with van der Waals surface area (Å²) in [5.41, 5.74) is 2.89. The van der Waals surface area contributed by atoms with E-state index in [0.29, 0.717) is 12.1 Å². The second-order valence-electron chi connectivity index (χ2n) is 6.68. The van der Waals surface area contributed by atoms with E-state index in [-0.39, 0.29) is 0 Å². The van der Waals surface area contributed by atoms with Crippen LogP contribution in [0.1, 0.15) is 49.8 Å². The Balaban J connectivity index is 1.56. The molecule has 1 aromatic carbocycles. The largest absolute Gasteiger partial charge is 0.351 e. The predicted molar refractivity (Wildman–Crippen MR) is 93.8 cm³/mol. The summed E-state index contributed by atoms with van der Waals surface area (Å²) in [6, 6.07) is 11.7. The maximum atomic E-state index is 4.79. The van der Waals surface area contributed by atoms with Crippen LogP contribution in [0.25, 0.3) is 0 Å². The minimum Gasteiger partial charge on any atom is -0.351 e. The first kappa shape index (κ1) is 14.5. The Morgan fingerprint density at radius 1 is 1.13 bits per heavy atom. The fourth-order valence-corrected chi connectivity index (χ4v) is 3.92. The van der Waals surface area contributed by atoms with E-state index in [2.05, 4.69) is 46.4 Å². The van der Waals surface area contributed by atoms with Crippen LogP contribution < -0.4 is 10.2 Å². The van der Waals surface area contributed by atoms with Crippen LogP contribution in [0.3, 0.4) is 0 Å². The Hall–Kier alpha value is -2.10. The second kappa shape index (κ2) is 6.19. The van der Waals surface area contributed by atoms with Gasteiger partial charge < -0.3 is 10.2 Å². The van der Waals surface area contributed by atoms with Gasteiger partial charge in [-0.1, -0.05) is 37.1 Å². The topological polar surface area (TPSA) is 41.1 Å². The van der Waals surface area contributed by atoms with Gasteiger partial charge in [0.25, 0.3) is 0 Å². The lowest BCUT2D eigenvalue weighted by Gasteiger charge is -2.36. The summed E-state index contributed by atoms with van der Waals surface area (Å²) in [5, 5.41) is 3.51. The molecule has 1 atom stereocenters. The molecule has 0 spiro atoms. The van der Waals surface area contributed by atoms with Gasteiger partial charge >= 0.3 is 0 Å². The average molecular weight is 308 g/mol. The Morgan fingerprint density at radius 2 is 1.96 bits per heavy atom. The van der Waals surface area contributed by atoms with Crippen LogP contribution >= 0.6 is 0 Å². The van der Waals surface area contributed by atoms with Gasteiger partial charge in [0, 0.05) is 18.8 Å². The Morgan fingerprint density at radius 3 is 2.83 bits per heavy atom. The molecule has 0 radical (unpaired) electrons. The van der Waals surface area contributed by atoms with Crippen LogP contribution in [0.15, 0.2) is 36.5 Å². The molecule has 1 fully saturated rings. The van der Waals surface area contributed by atoms with E-state index < -0.39 is 0 Å². The van der Waals surface area contributed by atoms with Crippen LogP contribution in [0, 0.1) is 0 Å². The summed E-state index contributed by atoms with van der Waals surface area (Å²) >= 11 is 0. The first-order valence-electron chi connectivity index (χ1n) is 8.75. The van der Waals surface area contributed by atoms with E-state index in [1.807, 2.05) is 12.3 Å². The number of nitrogens with one attached hydrogen (secondary N) is 1. The van der Waals surface area contributed by atoms with Gasteiger partial charge in [0.05, 0.1) is 6.04 Å². The SMILES string of the molecule is C[C@@H]1c2ccccc2CCN1c1ccnc(NC2CCCC2)n1. The highest BCUT2D eigenvalue weighted by molar-refractivity contribution is 5.49. The van der Waals surface area contributed by atoms with E-state index in [9.17, 15) is 0 Å². The van der Waals surface area contributed by atoms with Gasteiger partial charge in [-0.3, -0.25) is 0 Å². The van der Waals surface area contributed by atoms with Gasteiger partial charge in [0.15, 0.2) is 0 Å². The van der Waals surface area contributed by atoms with Gasteiger partial charge in [-0.25, -0.2) is 4.98 Å². The zero-order valence-corrected chi connectivity index (χ0v) is 13.7. The monoisotopic (exact) mass is 308 g/mol. The molecule has 1 saturated carbocycles. The molecule has 120 valence electrons. The van der Waals surface area contributed by atoms with Crippen molar-refractivity contribution in [1.82, 2.24) is 9.97 Å². The molecule has 0 unspecified atom stereocenters. The molecule has 1 N–H and O–H groups in total. The third-order valence-corrected chi connectivity index (χ3v) is 5.22. The lowest BCUT2D eigenvalue weighted by molar-refractivity contribution is 0.616. The van der Waals surface area contributed by atoms with E-state index >= 15 is 0 Å². The van der Waals surface area contributed by atoms with Crippen molar-refractivity contribution in [2.45, 2.75) is 51.1 Å². The maximum Gasteiger partial charge on any atom is 0.224 e. The molecule has 1 aromatic heterocycles. The number of nitrogens with zero attached hydrogens (tertiary/aromatic N) is 3. The summed E-state index contributed by atoms with van der Waals surface area (Å²) < 4.78 is 0. The molecule has 23 heavy (non-hydrogen) atoms. The van der Waals surface area contributed by atoms with Crippen LogP contribution in [-0.4, -0.2) is 22.6 Å². The van der Waals surface area contributed by atoms with Crippen LogP contribution in [0.5, 0.6) is 0 Å². The highest BCUT2D eigenvalue weighted by atomic mass is 15.2. The van der Waals surface area contributed by atoms with E-state index in [1.165, 1.54) is 36.8 Å². The first-order valence-corrected chi connectivity index (χ1v) is 8.75. The second-order valence-corrected chi connectivity index (χ2v) is 6.68. The molecular formula is C19H24N4. The molecule has 2 aliphatic rings. The van der Waals surface area contributed by atoms with Crippen molar-refractivity contribution in [3.63, 3.8) is 0 Å². The minimum atomic E-state index is 0.356. The zero-order valence-electron chi connectivity index (χ0n) is 13.7. The van der Waals surface area contributed by atoms with Gasteiger partial charge in [0.2, 0.25) is 5.95 Å². The fourth-order valence-electron chi connectivity index (χ4n) is 3.92. The lowest BCUT2D eigenvalue weighted by atomic mass is 9.94. The van der Waals surface area contributed by atoms with E-state index in [1.54, 1.807) is 0 Å². The van der Waals surface area contributed by atoms with Crippen molar-refractivity contribution in [2.24, 2.45) is 0 Å². The van der Waals surface area contributed by atoms with Gasteiger partial charge in [-0.2, -0.15) is 4.98 Å². The number of anilines is 2. The number of hydrogen-bond donors (Lipinski definition) is 1. The first-order chi connectivity index (χ1) is 11.3. The Kier molecular flexibility index (Phi) is 3.90. The third kappa shape index (κ3) is 2.90. The highest BCUT2D eigenvalue weighted by Gasteiger charge is 2.25. The number of rotatable bonds is 3. The lowest BCUT2D eigenvalue weighted by Crippen LogP contribution is -2.34. The number of hydrogen-bond acceptors (Lipinski definition) is 4. The number of aromatic nitrogens is 2. The Bertz CT molecular complexity index is 679. The summed E-state index contributed by atoms with van der Waals surface area (Å²) in [5.74, 6) is 1.81. The summed E-state index contributed by atoms with van der Waals surface area (Å²) in [4.78, 5) is 11.6. The van der Waals surface area contributed by atoms with Crippen molar-refractivity contribution >= 4 is 11.8 Å². The molecule has 1 aliphatic heterocycles. The van der Waals surface area contributed by atoms with Crippen molar-refractivity contribution < 1.29 is 0 Å². The summed E-state index contributed by atoms with van der Waals surface area (Å²) in [7, 11) is 0. The van der Waals surface area contributed by atoms with Crippen molar-refractivity contribution in [3.8, 4) is 0 Å². The van der Waals surface area contributed by atoms with Gasteiger partial charge in [-0.05, 0) is 43.4 Å². The molecule has 0 amide bonds. The van der Waals surface area contributed by atoms with E-state index in [0.717, 1.165) is 24.7 Å². The molecule has 4 heteroatoms. The smallest absolute Gasteiger partial charge is 0.224 e. The van der Waals surface area contributed by atoms with Crippen LogP contribution in [0.4, 0.5) is 11.8 Å². The highest BCUT2D eigenvalue weighted by Crippen LogP contribution is 2.32. The maximum absolute atomic E-state index is 4.79. The quantitative estimate of drug-likeness (QED) is 0.932. The number of benzene rings is 1. The van der Waals surface area contributed by atoms with Crippen molar-refractivity contribution in [3.05, 3.63) is 47.7 Å². The van der Waals surface area contributed by atoms with E-state index in [4.69, 9.17) is 4.98 Å². The van der Waals surface area contributed by atoms with Crippen molar-refractivity contribution in [2.75, 3.05) is 16.8 Å². The fraction of sp³-hybridized carbons (Fsp3) is 0.474. The molecule has 4 rings (SSSR count). The Labute approximate surface area is 138 Å². The van der Waals surface area contributed by atoms with Gasteiger partial charge in [0.1, 0.15) is 5.82 Å². The molecule has 4 nitrogen and oxygen atoms in total. The summed E-state index contributed by atoms with van der Waals surface area (Å²) in [6.45, 7) is 3.28. The van der Waals surface area contributed by atoms with Gasteiger partial charge in [-0.15, -0.1) is 0 Å². The standard InChI is InChI=1S/C19H24N4/c1-14-17-9-5-2-6-15(17)11-13-23(14)18-10-12-20-19(22-18)21-16-7-3-4-8-16/h2,5-6,9-10,12,14,16H,3-4,7-8,11,13H2,1H3,(H,20,21,22)/t14-/m1/s1. The average Bonchev–Trinajstić information content (AvgIpc) is 3.09. The zero-order chi connectivity index (χ0) is 15.6. The van der Waals surface area contributed by atoms with Crippen LogP contribution in [0.2, 0.25) is 0 Å². The molecule has 0 saturated heterocycles. The molecule has 2 heterocycles. The third-order valence-electron chi connectivity index (χ3n) is 5.22. The van der Waals surface area contributed by atoms with Crippen LogP contribution in [-0.2, 0) is 6.42 Å². The molecule has 2 aromatic rings. The number of fused-ring (bicyclic) bond motifs is 1.